The molecule has 0 radical (unpaired) electrons. The number of nitrogens with one attached hydrogen (secondary N) is 1. The molecule has 4 nitrogen and oxygen atoms in total. The Bertz CT molecular complexity index is 326. The molecule has 1 aromatic heterocycles. The van der Waals surface area contributed by atoms with Crippen LogP contribution in [0.2, 0.25) is 0 Å². The number of hydrogen-bond donors (Lipinski definition) is 2. The Labute approximate surface area is 89.2 Å². The summed E-state index contributed by atoms with van der Waals surface area (Å²) >= 11 is 3.90. The number of alkyl halides is 3. The van der Waals surface area contributed by atoms with Gasteiger partial charge >= 0.3 is 12.1 Å². The summed E-state index contributed by atoms with van der Waals surface area (Å²) in [6.45, 7) is 0. The number of nitrogens with zero attached hydrogens (tertiary/aromatic N) is 1. The fraction of sp³-hybridized carbons (Fsp3) is 0.200. The molecule has 9 heteroatoms. The molecule has 1 heterocycles. The van der Waals surface area contributed by atoms with Crippen molar-refractivity contribution in [3.8, 4) is 0 Å². The Morgan fingerprint density at radius 3 is 2.50 bits per heavy atom. The molecule has 0 unspecified atom stereocenters. The quantitative estimate of drug-likeness (QED) is 0.835. The van der Waals surface area contributed by atoms with E-state index in [4.69, 9.17) is 0 Å². The van der Waals surface area contributed by atoms with Crippen LogP contribution in [0, 0.1) is 0 Å². The van der Waals surface area contributed by atoms with Gasteiger partial charge in [-0.05, 0) is 15.9 Å². The Kier molecular flexibility index (Phi) is 4.49. The highest BCUT2D eigenvalue weighted by molar-refractivity contribution is 9.11. The van der Waals surface area contributed by atoms with Crippen LogP contribution in [0.5, 0.6) is 0 Å². The normalized spacial score (nSPS) is 10.6. The molecule has 0 aliphatic carbocycles. The average molecular weight is 292 g/mol. The number of rotatable bonds is 1. The van der Waals surface area contributed by atoms with Crippen molar-refractivity contribution >= 4 is 38.3 Å². The molecular weight excluding hydrogens is 287 g/mol. The number of carbonyl (C=O) groups excluding carboxylic acids is 1. The van der Waals surface area contributed by atoms with Crippen LogP contribution < -0.4 is 11.5 Å². The molecule has 0 atom stereocenters. The molecule has 0 spiro atoms. The van der Waals surface area contributed by atoms with Gasteiger partial charge in [-0.3, -0.25) is 10.1 Å². The van der Waals surface area contributed by atoms with Gasteiger partial charge in [-0.15, -0.1) is 0 Å². The number of amides is 1. The van der Waals surface area contributed by atoms with E-state index in [-0.39, 0.29) is 11.3 Å². The number of thiazole rings is 1. The highest BCUT2D eigenvalue weighted by atomic mass is 79.9. The van der Waals surface area contributed by atoms with Gasteiger partial charge in [0.25, 0.3) is 0 Å². The van der Waals surface area contributed by atoms with E-state index in [1.807, 2.05) is 0 Å². The Hall–Kier alpha value is -0.670. The minimum Gasteiger partial charge on any atom is -0.344 e. The summed E-state index contributed by atoms with van der Waals surface area (Å²) in [6.07, 6.45) is -3.57. The third-order valence-corrected chi connectivity index (χ3v) is 2.35. The van der Waals surface area contributed by atoms with Crippen LogP contribution in [-0.4, -0.2) is 17.1 Å². The Morgan fingerprint density at radius 1 is 1.57 bits per heavy atom. The van der Waals surface area contributed by atoms with E-state index in [9.17, 15) is 18.0 Å². The van der Waals surface area contributed by atoms with Crippen LogP contribution in [-0.2, 0) is 4.79 Å². The fourth-order valence-corrected chi connectivity index (χ4v) is 1.58. The topological polar surface area (TPSA) is 77.0 Å². The predicted octanol–water partition coefficient (Wildman–Crippen LogP) is 2.57. The van der Waals surface area contributed by atoms with Gasteiger partial charge in [0.1, 0.15) is 0 Å². The third kappa shape index (κ3) is 3.60. The second-order valence-electron chi connectivity index (χ2n) is 1.92. The van der Waals surface area contributed by atoms with Gasteiger partial charge in [-0.25, -0.2) is 4.98 Å². The number of aromatic nitrogens is 1. The van der Waals surface area contributed by atoms with Crippen molar-refractivity contribution < 1.29 is 18.0 Å². The van der Waals surface area contributed by atoms with Gasteiger partial charge in [-0.2, -0.15) is 13.2 Å². The predicted molar refractivity (Wildman–Crippen MR) is 49.5 cm³/mol. The molecule has 14 heavy (non-hydrogen) atoms. The first-order chi connectivity index (χ1) is 5.89. The van der Waals surface area contributed by atoms with Gasteiger partial charge < -0.3 is 6.15 Å². The smallest absolute Gasteiger partial charge is 0.344 e. The standard InChI is InChI=1S/C5H2BrF3N2OS.H3N/c6-2-1-10-4(13-2)11-3(12)5(7,8)9;/h1H,(H,10,11,12);1H3. The lowest BCUT2D eigenvalue weighted by Gasteiger charge is -2.03. The summed E-state index contributed by atoms with van der Waals surface area (Å²) in [5.41, 5.74) is 0. The summed E-state index contributed by atoms with van der Waals surface area (Å²) in [4.78, 5) is 13.9. The van der Waals surface area contributed by atoms with Crippen molar-refractivity contribution in [1.82, 2.24) is 11.1 Å². The van der Waals surface area contributed by atoms with Crippen LogP contribution in [0.3, 0.4) is 0 Å². The van der Waals surface area contributed by atoms with Crippen LogP contribution in [0.1, 0.15) is 0 Å². The highest BCUT2D eigenvalue weighted by Crippen LogP contribution is 2.25. The number of halogens is 4. The Balaban J connectivity index is 0.00000169. The van der Waals surface area contributed by atoms with E-state index in [0.717, 1.165) is 11.3 Å². The van der Waals surface area contributed by atoms with Gasteiger partial charge in [0.2, 0.25) is 0 Å². The van der Waals surface area contributed by atoms with E-state index >= 15 is 0 Å². The second-order valence-corrected chi connectivity index (χ2v) is 4.33. The molecule has 0 aliphatic heterocycles. The molecule has 1 aromatic rings. The fourth-order valence-electron chi connectivity index (χ4n) is 0.480. The lowest BCUT2D eigenvalue weighted by atomic mass is 10.6. The lowest BCUT2D eigenvalue weighted by Crippen LogP contribution is -2.29. The minimum atomic E-state index is -4.88. The largest absolute Gasteiger partial charge is 0.471 e. The Morgan fingerprint density at radius 2 is 2.14 bits per heavy atom. The second kappa shape index (κ2) is 4.71. The minimum absolute atomic E-state index is 0. The van der Waals surface area contributed by atoms with Crippen molar-refractivity contribution in [3.63, 3.8) is 0 Å². The summed E-state index contributed by atoms with van der Waals surface area (Å²) < 4.78 is 35.6. The van der Waals surface area contributed by atoms with Crippen molar-refractivity contribution in [3.05, 3.63) is 9.98 Å². The summed E-state index contributed by atoms with van der Waals surface area (Å²) in [5.74, 6) is -2.02. The maximum atomic E-state index is 11.7. The third-order valence-electron chi connectivity index (χ3n) is 0.955. The van der Waals surface area contributed by atoms with Gasteiger partial charge in [0.05, 0.1) is 9.98 Å². The van der Waals surface area contributed by atoms with Crippen molar-refractivity contribution in [2.75, 3.05) is 5.32 Å². The van der Waals surface area contributed by atoms with E-state index in [0.29, 0.717) is 3.79 Å². The molecular formula is C5H5BrF3N3OS. The SMILES string of the molecule is N.O=C(Nc1ncc(Br)s1)C(F)(F)F. The van der Waals surface area contributed by atoms with E-state index in [1.165, 1.54) is 6.20 Å². The molecule has 1 rings (SSSR count). The zero-order valence-electron chi connectivity index (χ0n) is 6.56. The molecule has 0 saturated carbocycles. The number of carbonyl (C=O) groups is 1. The first-order valence-electron chi connectivity index (χ1n) is 2.89. The van der Waals surface area contributed by atoms with Crippen LogP contribution in [0.25, 0.3) is 0 Å². The summed E-state index contributed by atoms with van der Waals surface area (Å²) in [7, 11) is 0. The first-order valence-corrected chi connectivity index (χ1v) is 4.50. The van der Waals surface area contributed by atoms with Gasteiger partial charge in [-0.1, -0.05) is 11.3 Å². The zero-order valence-corrected chi connectivity index (χ0v) is 8.96. The number of anilines is 1. The van der Waals surface area contributed by atoms with Crippen LogP contribution >= 0.6 is 27.3 Å². The maximum Gasteiger partial charge on any atom is 0.471 e. The molecule has 0 saturated heterocycles. The average Bonchev–Trinajstić information content (AvgIpc) is 2.33. The van der Waals surface area contributed by atoms with E-state index < -0.39 is 12.1 Å². The monoisotopic (exact) mass is 291 g/mol. The van der Waals surface area contributed by atoms with Gasteiger partial charge in [0.15, 0.2) is 5.13 Å². The number of hydrogen-bond acceptors (Lipinski definition) is 4. The van der Waals surface area contributed by atoms with Crippen LogP contribution in [0.4, 0.5) is 18.3 Å². The lowest BCUT2D eigenvalue weighted by molar-refractivity contribution is -0.167. The highest BCUT2D eigenvalue weighted by Gasteiger charge is 2.39. The first kappa shape index (κ1) is 13.3. The zero-order chi connectivity index (χ0) is 10.1. The molecule has 0 fully saturated rings. The maximum absolute atomic E-state index is 11.7. The van der Waals surface area contributed by atoms with E-state index in [2.05, 4.69) is 20.9 Å². The van der Waals surface area contributed by atoms with Crippen LogP contribution in [0.15, 0.2) is 9.98 Å². The summed E-state index contributed by atoms with van der Waals surface area (Å²) in [5, 5.41) is 1.53. The van der Waals surface area contributed by atoms with E-state index in [1.54, 1.807) is 5.32 Å². The molecule has 1 amide bonds. The van der Waals surface area contributed by atoms with Gasteiger partial charge in [0, 0.05) is 0 Å². The summed E-state index contributed by atoms with van der Waals surface area (Å²) in [6, 6.07) is 0. The van der Waals surface area contributed by atoms with Crippen molar-refractivity contribution in [2.45, 2.75) is 6.18 Å². The molecule has 0 aliphatic rings. The molecule has 80 valence electrons. The molecule has 0 aromatic carbocycles. The van der Waals surface area contributed by atoms with Crippen molar-refractivity contribution in [2.24, 2.45) is 0 Å². The van der Waals surface area contributed by atoms with Crippen molar-refractivity contribution in [1.29, 1.82) is 0 Å². The molecule has 4 N–H and O–H groups in total. The molecule has 0 bridgehead atoms.